The van der Waals surface area contributed by atoms with E-state index in [1.165, 1.54) is 0 Å². The van der Waals surface area contributed by atoms with Crippen molar-refractivity contribution in [3.63, 3.8) is 0 Å². The van der Waals surface area contributed by atoms with E-state index in [9.17, 15) is 0 Å². The topological polar surface area (TPSA) is 75.3 Å². The molecule has 6 heteroatoms. The summed E-state index contributed by atoms with van der Waals surface area (Å²) in [6.45, 7) is 8.15. The first-order valence-corrected chi connectivity index (χ1v) is 8.97. The van der Waals surface area contributed by atoms with Crippen LogP contribution in [-0.4, -0.2) is 22.6 Å². The lowest BCUT2D eigenvalue weighted by molar-refractivity contribution is 0.372. The molecule has 0 aliphatic carbocycles. The quantitative estimate of drug-likeness (QED) is 0.524. The van der Waals surface area contributed by atoms with Crippen molar-refractivity contribution in [2.45, 2.75) is 39.8 Å². The number of para-hydroxylation sites is 1. The minimum absolute atomic E-state index is 0.356. The molecule has 0 aliphatic heterocycles. The molecule has 0 unspecified atom stereocenters. The zero-order valence-electron chi connectivity index (χ0n) is 15.5. The fourth-order valence-electron chi connectivity index (χ4n) is 2.65. The van der Waals surface area contributed by atoms with Crippen molar-refractivity contribution in [1.82, 2.24) is 20.8 Å². The summed E-state index contributed by atoms with van der Waals surface area (Å²) < 4.78 is 5.37. The number of rotatable bonds is 6. The van der Waals surface area contributed by atoms with E-state index < -0.39 is 0 Å². The highest BCUT2D eigenvalue weighted by Gasteiger charge is 2.08. The Labute approximate surface area is 153 Å². The number of pyridine rings is 1. The van der Waals surface area contributed by atoms with E-state index in [1.807, 2.05) is 43.5 Å². The molecule has 136 valence electrons. The van der Waals surface area contributed by atoms with Crippen LogP contribution in [0, 0.1) is 0 Å². The summed E-state index contributed by atoms with van der Waals surface area (Å²) in [6.07, 6.45) is 1.83. The van der Waals surface area contributed by atoms with Crippen molar-refractivity contribution >= 4 is 16.9 Å². The molecule has 0 aliphatic rings. The Morgan fingerprint density at radius 3 is 2.81 bits per heavy atom. The van der Waals surface area contributed by atoms with Crippen LogP contribution in [0.3, 0.4) is 0 Å². The summed E-state index contributed by atoms with van der Waals surface area (Å²) in [7, 11) is 0. The number of nitrogens with one attached hydrogen (secondary N) is 2. The lowest BCUT2D eigenvalue weighted by Crippen LogP contribution is -2.36. The average Bonchev–Trinajstić information content (AvgIpc) is 3.13. The van der Waals surface area contributed by atoms with Crippen LogP contribution >= 0.6 is 0 Å². The lowest BCUT2D eigenvalue weighted by Gasteiger charge is -2.10. The Morgan fingerprint density at radius 1 is 1.19 bits per heavy atom. The van der Waals surface area contributed by atoms with E-state index in [0.29, 0.717) is 19.0 Å². The number of nitrogens with zero attached hydrogens (tertiary/aromatic N) is 3. The first-order chi connectivity index (χ1) is 12.7. The van der Waals surface area contributed by atoms with Gasteiger partial charge in [-0.1, -0.05) is 37.2 Å². The van der Waals surface area contributed by atoms with Gasteiger partial charge >= 0.3 is 0 Å². The van der Waals surface area contributed by atoms with Gasteiger partial charge < -0.3 is 15.2 Å². The average molecular weight is 351 g/mol. The molecule has 1 aromatic carbocycles. The van der Waals surface area contributed by atoms with Crippen LogP contribution in [0.2, 0.25) is 0 Å². The maximum atomic E-state index is 5.37. The summed E-state index contributed by atoms with van der Waals surface area (Å²) >= 11 is 0. The van der Waals surface area contributed by atoms with Crippen molar-refractivity contribution in [1.29, 1.82) is 0 Å². The monoisotopic (exact) mass is 351 g/mol. The molecule has 3 rings (SSSR count). The SMILES string of the molecule is CCNC(=NCc1ccnc2ccccc12)NCc1cc(C(C)C)no1. The standard InChI is InChI=1S/C20H25N5O/c1-4-21-20(24-13-16-11-19(14(2)3)25-26-16)23-12-15-9-10-22-18-8-6-5-7-17(15)18/h5-11,14H,4,12-13H2,1-3H3,(H2,21,23,24). The first-order valence-electron chi connectivity index (χ1n) is 8.97. The molecule has 0 atom stereocenters. The normalized spacial score (nSPS) is 11.9. The second-order valence-corrected chi connectivity index (χ2v) is 6.41. The highest BCUT2D eigenvalue weighted by Crippen LogP contribution is 2.17. The summed E-state index contributed by atoms with van der Waals surface area (Å²) in [5.74, 6) is 1.90. The fourth-order valence-corrected chi connectivity index (χ4v) is 2.65. The number of aromatic nitrogens is 2. The van der Waals surface area contributed by atoms with Gasteiger partial charge in [-0.3, -0.25) is 4.98 Å². The Morgan fingerprint density at radius 2 is 2.04 bits per heavy atom. The van der Waals surface area contributed by atoms with Crippen molar-refractivity contribution in [3.05, 3.63) is 59.6 Å². The van der Waals surface area contributed by atoms with E-state index >= 15 is 0 Å². The minimum atomic E-state index is 0.356. The zero-order chi connectivity index (χ0) is 18.4. The number of benzene rings is 1. The molecule has 6 nitrogen and oxygen atoms in total. The van der Waals surface area contributed by atoms with Crippen molar-refractivity contribution in [2.24, 2.45) is 4.99 Å². The molecule has 0 saturated carbocycles. The van der Waals surface area contributed by atoms with Gasteiger partial charge in [0.15, 0.2) is 11.7 Å². The third kappa shape index (κ3) is 4.39. The summed E-state index contributed by atoms with van der Waals surface area (Å²) in [4.78, 5) is 9.09. The van der Waals surface area contributed by atoms with Gasteiger partial charge in [-0.2, -0.15) is 0 Å². The Balaban J connectivity index is 1.70. The molecule has 0 spiro atoms. The molecule has 3 aromatic rings. The highest BCUT2D eigenvalue weighted by atomic mass is 16.5. The van der Waals surface area contributed by atoms with Gasteiger partial charge in [0.05, 0.1) is 24.3 Å². The van der Waals surface area contributed by atoms with Gasteiger partial charge in [0.25, 0.3) is 0 Å². The molecule has 0 bridgehead atoms. The largest absolute Gasteiger partial charge is 0.359 e. The maximum absolute atomic E-state index is 5.37. The fraction of sp³-hybridized carbons (Fsp3) is 0.350. The Bertz CT molecular complexity index is 879. The summed E-state index contributed by atoms with van der Waals surface area (Å²) in [5.41, 5.74) is 3.10. The van der Waals surface area contributed by atoms with Gasteiger partial charge in [-0.05, 0) is 30.5 Å². The predicted octanol–water partition coefficient (Wildman–Crippen LogP) is 3.60. The molecule has 26 heavy (non-hydrogen) atoms. The number of fused-ring (bicyclic) bond motifs is 1. The van der Waals surface area contributed by atoms with E-state index in [2.05, 4.69) is 40.7 Å². The molecule has 2 N–H and O–H groups in total. The molecule has 0 fully saturated rings. The molecule has 0 amide bonds. The molecule has 0 radical (unpaired) electrons. The second-order valence-electron chi connectivity index (χ2n) is 6.41. The van der Waals surface area contributed by atoms with E-state index in [-0.39, 0.29) is 0 Å². The van der Waals surface area contributed by atoms with Gasteiger partial charge in [0.2, 0.25) is 0 Å². The van der Waals surface area contributed by atoms with Crippen LogP contribution in [0.5, 0.6) is 0 Å². The molecule has 0 saturated heterocycles. The van der Waals surface area contributed by atoms with E-state index in [1.54, 1.807) is 0 Å². The lowest BCUT2D eigenvalue weighted by atomic mass is 10.1. The van der Waals surface area contributed by atoms with E-state index in [0.717, 1.165) is 40.4 Å². The van der Waals surface area contributed by atoms with Crippen LogP contribution in [0.25, 0.3) is 10.9 Å². The second kappa shape index (κ2) is 8.47. The number of aliphatic imine (C=N–C) groups is 1. The van der Waals surface area contributed by atoms with Crippen LogP contribution in [-0.2, 0) is 13.1 Å². The smallest absolute Gasteiger partial charge is 0.191 e. The van der Waals surface area contributed by atoms with Crippen LogP contribution < -0.4 is 10.6 Å². The van der Waals surface area contributed by atoms with Gasteiger partial charge in [-0.15, -0.1) is 0 Å². The Hall–Kier alpha value is -2.89. The Kier molecular flexibility index (Phi) is 5.84. The van der Waals surface area contributed by atoms with E-state index in [4.69, 9.17) is 9.52 Å². The third-order valence-electron chi connectivity index (χ3n) is 4.09. The third-order valence-corrected chi connectivity index (χ3v) is 4.09. The summed E-state index contributed by atoms with van der Waals surface area (Å²) in [6, 6.07) is 12.1. The molecular formula is C20H25N5O. The molecule has 2 aromatic heterocycles. The molecule has 2 heterocycles. The zero-order valence-corrected chi connectivity index (χ0v) is 15.5. The van der Waals surface area contributed by atoms with Gasteiger partial charge in [0.1, 0.15) is 0 Å². The van der Waals surface area contributed by atoms with Crippen LogP contribution in [0.15, 0.2) is 52.1 Å². The van der Waals surface area contributed by atoms with Gasteiger partial charge in [-0.25, -0.2) is 4.99 Å². The summed E-state index contributed by atoms with van der Waals surface area (Å²) in [5, 5.41) is 11.8. The van der Waals surface area contributed by atoms with Crippen molar-refractivity contribution in [2.75, 3.05) is 6.54 Å². The van der Waals surface area contributed by atoms with Crippen LogP contribution in [0.1, 0.15) is 43.7 Å². The van der Waals surface area contributed by atoms with Crippen molar-refractivity contribution in [3.8, 4) is 0 Å². The number of hydrogen-bond acceptors (Lipinski definition) is 4. The minimum Gasteiger partial charge on any atom is -0.359 e. The van der Waals surface area contributed by atoms with Crippen molar-refractivity contribution < 1.29 is 4.52 Å². The predicted molar refractivity (Wildman–Crippen MR) is 104 cm³/mol. The first kappa shape index (κ1) is 17.9. The number of hydrogen-bond donors (Lipinski definition) is 2. The van der Waals surface area contributed by atoms with Gasteiger partial charge in [0, 0.05) is 24.2 Å². The molecular weight excluding hydrogens is 326 g/mol. The maximum Gasteiger partial charge on any atom is 0.191 e. The number of guanidine groups is 1. The highest BCUT2D eigenvalue weighted by molar-refractivity contribution is 5.83. The van der Waals surface area contributed by atoms with Crippen LogP contribution in [0.4, 0.5) is 0 Å².